The lowest BCUT2D eigenvalue weighted by atomic mass is 9.92. The molecule has 1 unspecified atom stereocenters. The third-order valence-electron chi connectivity index (χ3n) is 8.14. The van der Waals surface area contributed by atoms with Gasteiger partial charge in [0.25, 0.3) is 5.95 Å². The lowest BCUT2D eigenvalue weighted by Crippen LogP contribution is -2.56. The molecule has 0 spiro atoms. The van der Waals surface area contributed by atoms with Crippen LogP contribution >= 0.6 is 0 Å². The number of nitrogens with one attached hydrogen (secondary N) is 3. The highest BCUT2D eigenvalue weighted by Gasteiger charge is 2.64. The number of benzene rings is 1. The van der Waals surface area contributed by atoms with Crippen LogP contribution in [0, 0.1) is 0 Å². The summed E-state index contributed by atoms with van der Waals surface area (Å²) in [5.41, 5.74) is 2.23. The Bertz CT molecular complexity index is 2180. The van der Waals surface area contributed by atoms with E-state index in [1.165, 1.54) is 0 Å². The Kier molecular flexibility index (Phi) is 6.28. The van der Waals surface area contributed by atoms with E-state index in [2.05, 4.69) is 37.3 Å². The minimum Gasteiger partial charge on any atom is -0.361 e. The fraction of sp³-hybridized carbons (Fsp3) is 0.0294. The van der Waals surface area contributed by atoms with Crippen molar-refractivity contribution < 1.29 is 0 Å². The van der Waals surface area contributed by atoms with E-state index in [0.29, 0.717) is 34.8 Å². The molecule has 1 aromatic carbocycles. The molecular formula is C34H26N14. The number of rotatable bonds is 7. The summed E-state index contributed by atoms with van der Waals surface area (Å²) in [5.74, 6) is 2.21. The van der Waals surface area contributed by atoms with Gasteiger partial charge in [-0.05, 0) is 54.6 Å². The van der Waals surface area contributed by atoms with Gasteiger partial charge in [-0.2, -0.15) is 5.10 Å². The smallest absolute Gasteiger partial charge is 0.266 e. The number of hydrogen-bond donors (Lipinski definition) is 3. The van der Waals surface area contributed by atoms with Gasteiger partial charge in [-0.25, -0.2) is 30.0 Å². The van der Waals surface area contributed by atoms with E-state index in [1.54, 1.807) is 49.4 Å². The number of anilines is 4. The molecule has 9 rings (SSSR count). The van der Waals surface area contributed by atoms with Crippen LogP contribution in [0.1, 0.15) is 11.4 Å². The van der Waals surface area contributed by atoms with Crippen molar-refractivity contribution in [1.29, 1.82) is 0 Å². The number of hydrogen-bond acceptors (Lipinski definition) is 11. The minimum atomic E-state index is -1.44. The number of aromatic nitrogens is 10. The normalized spacial score (nSPS) is 16.2. The predicted molar refractivity (Wildman–Crippen MR) is 180 cm³/mol. The molecule has 8 aromatic rings. The Morgan fingerprint density at radius 1 is 0.625 bits per heavy atom. The van der Waals surface area contributed by atoms with Crippen LogP contribution in [0.3, 0.4) is 0 Å². The highest BCUT2D eigenvalue weighted by molar-refractivity contribution is 5.87. The van der Waals surface area contributed by atoms with Crippen molar-refractivity contribution in [2.24, 2.45) is 0 Å². The standard InChI is InChI=1S/C34H26N14/c1-2-9-26-24(8-1)22-25(27-10-5-15-36-27)32(43-26)34(28-23-35-20-21-37-28)45(29-12-6-16-38-29)48(33-40-17-7-18-41-33)47(30-11-3-4-14-39-30)46(34)31-13-19-42-44-31/h1-23,36,38H,(H,42,44). The Morgan fingerprint density at radius 2 is 1.46 bits per heavy atom. The molecule has 1 aliphatic heterocycles. The van der Waals surface area contributed by atoms with Crippen LogP contribution in [0.4, 0.5) is 23.4 Å². The first-order valence-corrected chi connectivity index (χ1v) is 15.2. The molecule has 0 aliphatic carbocycles. The Balaban J connectivity index is 1.51. The van der Waals surface area contributed by atoms with Gasteiger partial charge in [-0.3, -0.25) is 15.1 Å². The van der Waals surface area contributed by atoms with Gasteiger partial charge in [0.1, 0.15) is 23.0 Å². The summed E-state index contributed by atoms with van der Waals surface area (Å²) in [5, 5.41) is 16.4. The molecule has 1 atom stereocenters. The Labute approximate surface area is 273 Å². The molecule has 1 fully saturated rings. The summed E-state index contributed by atoms with van der Waals surface area (Å²) in [6, 6.07) is 27.5. The second kappa shape index (κ2) is 11.1. The minimum absolute atomic E-state index is 0.357. The third kappa shape index (κ3) is 4.09. The monoisotopic (exact) mass is 630 g/mol. The molecule has 48 heavy (non-hydrogen) atoms. The van der Waals surface area contributed by atoms with Gasteiger partial charge in [0.05, 0.1) is 17.9 Å². The van der Waals surface area contributed by atoms with Crippen molar-refractivity contribution in [3.05, 3.63) is 152 Å². The predicted octanol–water partition coefficient (Wildman–Crippen LogP) is 5.24. The number of pyridine rings is 2. The molecule has 1 aliphatic rings. The second-order valence-electron chi connectivity index (χ2n) is 10.9. The maximum Gasteiger partial charge on any atom is 0.266 e. The molecule has 3 N–H and O–H groups in total. The van der Waals surface area contributed by atoms with Crippen molar-refractivity contribution in [2.45, 2.75) is 5.66 Å². The summed E-state index contributed by atoms with van der Waals surface area (Å²) in [6.45, 7) is 0. The molecular weight excluding hydrogens is 604 g/mol. The van der Waals surface area contributed by atoms with E-state index in [-0.39, 0.29) is 0 Å². The van der Waals surface area contributed by atoms with Crippen molar-refractivity contribution in [3.63, 3.8) is 0 Å². The number of fused-ring (bicyclic) bond motifs is 1. The fourth-order valence-corrected chi connectivity index (χ4v) is 6.25. The molecule has 0 radical (unpaired) electrons. The van der Waals surface area contributed by atoms with E-state index in [9.17, 15) is 0 Å². The molecule has 0 amide bonds. The quantitative estimate of drug-likeness (QED) is 0.212. The van der Waals surface area contributed by atoms with E-state index >= 15 is 0 Å². The topological polar surface area (TPSA) is 151 Å². The van der Waals surface area contributed by atoms with Crippen LogP contribution in [-0.2, 0) is 5.66 Å². The number of aromatic amines is 3. The van der Waals surface area contributed by atoms with Crippen molar-refractivity contribution >= 4 is 34.3 Å². The zero-order valence-corrected chi connectivity index (χ0v) is 25.2. The molecule has 0 saturated carbocycles. The SMILES string of the molecule is c1ccc(N2N(c3ncccn3)N(c3ccc[nH]3)C(c3cnccn3)(c3nc4ccccc4cc3-c3ccc[nH]3)N2c2ccn[nH]2)nc1. The van der Waals surface area contributed by atoms with Gasteiger partial charge in [-0.1, -0.05) is 24.3 Å². The van der Waals surface area contributed by atoms with Gasteiger partial charge in [-0.15, -0.1) is 10.2 Å². The summed E-state index contributed by atoms with van der Waals surface area (Å²) in [4.78, 5) is 36.4. The molecule has 8 heterocycles. The third-order valence-corrected chi connectivity index (χ3v) is 8.14. The molecule has 0 bridgehead atoms. The maximum atomic E-state index is 5.50. The zero-order chi connectivity index (χ0) is 31.9. The van der Waals surface area contributed by atoms with Gasteiger partial charge in [0, 0.05) is 66.1 Å². The van der Waals surface area contributed by atoms with Crippen molar-refractivity contribution in [2.75, 3.05) is 20.3 Å². The number of H-pyrrole nitrogens is 3. The van der Waals surface area contributed by atoms with Gasteiger partial charge in [0.2, 0.25) is 5.66 Å². The van der Waals surface area contributed by atoms with E-state index < -0.39 is 5.66 Å². The van der Waals surface area contributed by atoms with Gasteiger partial charge in [0.15, 0.2) is 5.82 Å². The Hall–Kier alpha value is -7.09. The van der Waals surface area contributed by atoms with Crippen LogP contribution in [0.5, 0.6) is 0 Å². The summed E-state index contributed by atoms with van der Waals surface area (Å²) >= 11 is 0. The van der Waals surface area contributed by atoms with Crippen molar-refractivity contribution in [3.8, 4) is 11.3 Å². The van der Waals surface area contributed by atoms with Crippen LogP contribution in [0.2, 0.25) is 0 Å². The Morgan fingerprint density at radius 3 is 2.21 bits per heavy atom. The second-order valence-corrected chi connectivity index (χ2v) is 10.9. The molecule has 232 valence electrons. The van der Waals surface area contributed by atoms with E-state index in [4.69, 9.17) is 24.9 Å². The molecule has 14 nitrogen and oxygen atoms in total. The molecule has 7 aromatic heterocycles. The van der Waals surface area contributed by atoms with Gasteiger partial charge >= 0.3 is 0 Å². The number of para-hydroxylation sites is 1. The van der Waals surface area contributed by atoms with E-state index in [0.717, 1.165) is 22.2 Å². The van der Waals surface area contributed by atoms with E-state index in [1.807, 2.05) is 99.4 Å². The number of hydrazine groups is 3. The highest BCUT2D eigenvalue weighted by atomic mass is 16.1. The first-order valence-electron chi connectivity index (χ1n) is 15.2. The average molecular weight is 631 g/mol. The molecule has 14 heteroatoms. The summed E-state index contributed by atoms with van der Waals surface area (Å²) < 4.78 is 0. The number of nitrogens with zero attached hydrogens (tertiary/aromatic N) is 11. The fourth-order valence-electron chi connectivity index (χ4n) is 6.25. The molecule has 1 saturated heterocycles. The van der Waals surface area contributed by atoms with Crippen LogP contribution in [0.15, 0.2) is 141 Å². The van der Waals surface area contributed by atoms with Crippen LogP contribution in [-0.4, -0.2) is 50.1 Å². The maximum absolute atomic E-state index is 5.50. The average Bonchev–Trinajstić information content (AvgIpc) is 3.99. The lowest BCUT2D eigenvalue weighted by Gasteiger charge is -2.41. The first kappa shape index (κ1) is 27.2. The highest BCUT2D eigenvalue weighted by Crippen LogP contribution is 2.53. The van der Waals surface area contributed by atoms with Crippen LogP contribution < -0.4 is 20.3 Å². The first-order chi connectivity index (χ1) is 23.8. The lowest BCUT2D eigenvalue weighted by molar-refractivity contribution is 0.491. The van der Waals surface area contributed by atoms with Crippen molar-refractivity contribution in [1.82, 2.24) is 50.1 Å². The zero-order valence-electron chi connectivity index (χ0n) is 25.2. The van der Waals surface area contributed by atoms with Crippen LogP contribution in [0.25, 0.3) is 22.2 Å². The summed E-state index contributed by atoms with van der Waals surface area (Å²) in [7, 11) is 0. The summed E-state index contributed by atoms with van der Waals surface area (Å²) in [6.07, 6.45) is 15.7. The van der Waals surface area contributed by atoms with Gasteiger partial charge < -0.3 is 9.97 Å². The largest absolute Gasteiger partial charge is 0.361 e.